The van der Waals surface area contributed by atoms with Crippen LogP contribution < -0.4 is 4.74 Å². The van der Waals surface area contributed by atoms with Gasteiger partial charge in [0.2, 0.25) is 0 Å². The van der Waals surface area contributed by atoms with Gasteiger partial charge in [0, 0.05) is 5.39 Å². The molecule has 0 saturated heterocycles. The number of rotatable bonds is 4. The Balaban J connectivity index is 2.49. The number of carbonyl (C=O) groups excluding carboxylic acids is 1. The molecule has 0 aliphatic heterocycles. The molecule has 1 aromatic carbocycles. The van der Waals surface area contributed by atoms with E-state index in [9.17, 15) is 4.79 Å². The van der Waals surface area contributed by atoms with Gasteiger partial charge in [0.1, 0.15) is 17.0 Å². The second-order valence-corrected chi connectivity index (χ2v) is 5.12. The van der Waals surface area contributed by atoms with Crippen molar-refractivity contribution in [3.63, 3.8) is 0 Å². The summed E-state index contributed by atoms with van der Waals surface area (Å²) in [7, 11) is 1.64. The Labute approximate surface area is 111 Å². The predicted octanol–water partition coefficient (Wildman–Crippen LogP) is 3.23. The number of hydrogen-bond acceptors (Lipinski definition) is 4. The first-order valence-electron chi connectivity index (χ1n) is 5.68. The SMILES string of the molecule is COc1cccc2c(C)cc(SCC(C)=O)nc12. The van der Waals surface area contributed by atoms with Crippen LogP contribution in [0.3, 0.4) is 0 Å². The maximum atomic E-state index is 11.0. The van der Waals surface area contributed by atoms with Gasteiger partial charge in [-0.25, -0.2) is 4.98 Å². The summed E-state index contributed by atoms with van der Waals surface area (Å²) >= 11 is 1.46. The van der Waals surface area contributed by atoms with Crippen molar-refractivity contribution >= 4 is 28.4 Å². The molecule has 2 rings (SSSR count). The van der Waals surface area contributed by atoms with E-state index in [0.717, 1.165) is 27.2 Å². The predicted molar refractivity (Wildman–Crippen MR) is 74.4 cm³/mol. The Morgan fingerprint density at radius 2 is 2.22 bits per heavy atom. The largest absolute Gasteiger partial charge is 0.494 e. The molecule has 0 radical (unpaired) electrons. The van der Waals surface area contributed by atoms with Crippen LogP contribution in [0.25, 0.3) is 10.9 Å². The number of benzene rings is 1. The van der Waals surface area contributed by atoms with Crippen molar-refractivity contribution in [3.8, 4) is 5.75 Å². The fourth-order valence-electron chi connectivity index (χ4n) is 1.78. The van der Waals surface area contributed by atoms with Crippen LogP contribution in [0.4, 0.5) is 0 Å². The van der Waals surface area contributed by atoms with Gasteiger partial charge in [0.25, 0.3) is 0 Å². The maximum absolute atomic E-state index is 11.0. The number of ketones is 1. The highest BCUT2D eigenvalue weighted by atomic mass is 32.2. The minimum absolute atomic E-state index is 0.152. The fraction of sp³-hybridized carbons (Fsp3) is 0.286. The first-order valence-corrected chi connectivity index (χ1v) is 6.67. The van der Waals surface area contributed by atoms with Crippen molar-refractivity contribution in [1.29, 1.82) is 0 Å². The normalized spacial score (nSPS) is 10.6. The van der Waals surface area contributed by atoms with Crippen molar-refractivity contribution < 1.29 is 9.53 Å². The van der Waals surface area contributed by atoms with E-state index in [4.69, 9.17) is 4.74 Å². The number of ether oxygens (including phenoxy) is 1. The van der Waals surface area contributed by atoms with Crippen LogP contribution in [0.2, 0.25) is 0 Å². The lowest BCUT2D eigenvalue weighted by Gasteiger charge is -2.09. The minimum atomic E-state index is 0.152. The number of fused-ring (bicyclic) bond motifs is 1. The second kappa shape index (κ2) is 5.40. The molecule has 2 aromatic rings. The number of Topliss-reactive ketones (excluding diaryl/α,β-unsaturated/α-hetero) is 1. The Morgan fingerprint density at radius 3 is 2.89 bits per heavy atom. The third-order valence-electron chi connectivity index (χ3n) is 2.63. The number of aryl methyl sites for hydroxylation is 1. The van der Waals surface area contributed by atoms with Gasteiger partial charge in [0.05, 0.1) is 17.9 Å². The van der Waals surface area contributed by atoms with Crippen LogP contribution in [-0.2, 0) is 4.79 Å². The molecule has 0 bridgehead atoms. The van der Waals surface area contributed by atoms with Gasteiger partial charge in [-0.2, -0.15) is 0 Å². The summed E-state index contributed by atoms with van der Waals surface area (Å²) in [5.74, 6) is 1.37. The number of thioether (sulfide) groups is 1. The second-order valence-electron chi connectivity index (χ2n) is 4.12. The van der Waals surface area contributed by atoms with E-state index >= 15 is 0 Å². The van der Waals surface area contributed by atoms with Crippen LogP contribution in [0.5, 0.6) is 5.75 Å². The molecule has 94 valence electrons. The van der Waals surface area contributed by atoms with Gasteiger partial charge in [-0.1, -0.05) is 23.9 Å². The van der Waals surface area contributed by atoms with Gasteiger partial charge in [-0.05, 0) is 31.5 Å². The van der Waals surface area contributed by atoms with E-state index in [2.05, 4.69) is 4.98 Å². The summed E-state index contributed by atoms with van der Waals surface area (Å²) in [6.07, 6.45) is 0. The van der Waals surface area contributed by atoms with Crippen molar-refractivity contribution in [2.45, 2.75) is 18.9 Å². The number of carbonyl (C=O) groups is 1. The molecule has 18 heavy (non-hydrogen) atoms. The van der Waals surface area contributed by atoms with Crippen molar-refractivity contribution in [1.82, 2.24) is 4.98 Å². The lowest BCUT2D eigenvalue weighted by atomic mass is 10.1. The smallest absolute Gasteiger partial charge is 0.145 e. The summed E-state index contributed by atoms with van der Waals surface area (Å²) < 4.78 is 5.32. The van der Waals surface area contributed by atoms with Crippen LogP contribution in [0, 0.1) is 6.92 Å². The van der Waals surface area contributed by atoms with E-state index in [-0.39, 0.29) is 5.78 Å². The standard InChI is InChI=1S/C14H15NO2S/c1-9-7-13(18-8-10(2)16)15-14-11(9)5-4-6-12(14)17-3/h4-7H,8H2,1-3H3. The Hall–Kier alpha value is -1.55. The van der Waals surface area contributed by atoms with Crippen molar-refractivity contribution in [2.24, 2.45) is 0 Å². The van der Waals surface area contributed by atoms with Gasteiger partial charge in [-0.3, -0.25) is 4.79 Å². The molecule has 0 fully saturated rings. The summed E-state index contributed by atoms with van der Waals surface area (Å²) in [5, 5.41) is 1.95. The van der Waals surface area contributed by atoms with Crippen LogP contribution in [0.1, 0.15) is 12.5 Å². The summed E-state index contributed by atoms with van der Waals surface area (Å²) in [6, 6.07) is 7.89. The zero-order valence-electron chi connectivity index (χ0n) is 10.7. The molecule has 3 nitrogen and oxygen atoms in total. The molecule has 0 aliphatic rings. The number of pyridine rings is 1. The Kier molecular flexibility index (Phi) is 3.87. The highest BCUT2D eigenvalue weighted by Crippen LogP contribution is 2.29. The first-order chi connectivity index (χ1) is 8.61. The average Bonchev–Trinajstić information content (AvgIpc) is 2.36. The van der Waals surface area contributed by atoms with Gasteiger partial charge in [-0.15, -0.1) is 0 Å². The fourth-order valence-corrected chi connectivity index (χ4v) is 2.54. The van der Waals surface area contributed by atoms with Gasteiger partial charge in [0.15, 0.2) is 0 Å². The van der Waals surface area contributed by atoms with Crippen LogP contribution >= 0.6 is 11.8 Å². The molecule has 0 atom stereocenters. The lowest BCUT2D eigenvalue weighted by molar-refractivity contribution is -0.114. The number of methoxy groups -OCH3 is 1. The number of aromatic nitrogens is 1. The van der Waals surface area contributed by atoms with E-state index in [1.54, 1.807) is 14.0 Å². The van der Waals surface area contributed by atoms with Crippen LogP contribution in [-0.4, -0.2) is 23.6 Å². The summed E-state index contributed by atoms with van der Waals surface area (Å²) in [4.78, 5) is 15.6. The molecule has 0 amide bonds. The van der Waals surface area contributed by atoms with Crippen molar-refractivity contribution in [2.75, 3.05) is 12.9 Å². The Bertz CT molecular complexity index is 596. The highest BCUT2D eigenvalue weighted by molar-refractivity contribution is 7.99. The molecule has 0 saturated carbocycles. The van der Waals surface area contributed by atoms with Crippen LogP contribution in [0.15, 0.2) is 29.3 Å². The van der Waals surface area contributed by atoms with Gasteiger partial charge >= 0.3 is 0 Å². The molecule has 4 heteroatoms. The number of para-hydroxylation sites is 1. The molecular weight excluding hydrogens is 246 g/mol. The molecular formula is C14H15NO2S. The van der Waals surface area contributed by atoms with Gasteiger partial charge < -0.3 is 4.74 Å². The van der Waals surface area contributed by atoms with E-state index in [0.29, 0.717) is 5.75 Å². The molecule has 0 aliphatic carbocycles. The number of hydrogen-bond donors (Lipinski definition) is 0. The quantitative estimate of drug-likeness (QED) is 0.792. The van der Waals surface area contributed by atoms with E-state index < -0.39 is 0 Å². The first kappa shape index (κ1) is 12.9. The third-order valence-corrected chi connectivity index (χ3v) is 3.68. The average molecular weight is 261 g/mol. The zero-order chi connectivity index (χ0) is 13.1. The van der Waals surface area contributed by atoms with Crippen molar-refractivity contribution in [3.05, 3.63) is 29.8 Å². The summed E-state index contributed by atoms with van der Waals surface area (Å²) in [6.45, 7) is 3.63. The number of nitrogens with zero attached hydrogens (tertiary/aromatic N) is 1. The van der Waals surface area contributed by atoms with E-state index in [1.807, 2.05) is 31.2 Å². The molecule has 1 aromatic heterocycles. The topological polar surface area (TPSA) is 39.2 Å². The highest BCUT2D eigenvalue weighted by Gasteiger charge is 2.08. The molecule has 1 heterocycles. The monoisotopic (exact) mass is 261 g/mol. The molecule has 0 spiro atoms. The summed E-state index contributed by atoms with van der Waals surface area (Å²) in [5.41, 5.74) is 2.00. The minimum Gasteiger partial charge on any atom is -0.494 e. The third kappa shape index (κ3) is 2.64. The Morgan fingerprint density at radius 1 is 1.44 bits per heavy atom. The lowest BCUT2D eigenvalue weighted by Crippen LogP contribution is -1.96. The maximum Gasteiger partial charge on any atom is 0.145 e. The zero-order valence-corrected chi connectivity index (χ0v) is 11.5. The molecule has 0 N–H and O–H groups in total. The van der Waals surface area contributed by atoms with E-state index in [1.165, 1.54) is 11.8 Å². The molecule has 0 unspecified atom stereocenters.